The van der Waals surface area contributed by atoms with Crippen LogP contribution < -0.4 is 0 Å². The minimum Gasteiger partial charge on any atom is -0.462 e. The highest BCUT2D eigenvalue weighted by Crippen LogP contribution is 2.18. The van der Waals surface area contributed by atoms with E-state index in [1.807, 2.05) is 0 Å². The number of ether oxygens (including phenoxy) is 3. The van der Waals surface area contributed by atoms with Crippen molar-refractivity contribution in [3.63, 3.8) is 0 Å². The van der Waals surface area contributed by atoms with Crippen LogP contribution in [-0.4, -0.2) is 37.2 Å². The summed E-state index contributed by atoms with van der Waals surface area (Å²) in [4.78, 5) is 37.9. The van der Waals surface area contributed by atoms with Gasteiger partial charge in [0.25, 0.3) is 0 Å². The Bertz CT molecular complexity index is 1440. The van der Waals surface area contributed by atoms with Crippen LogP contribution in [0, 0.1) is 0 Å². The predicted octanol–water partition coefficient (Wildman–Crippen LogP) is 23.3. The second kappa shape index (κ2) is 66.4. The van der Waals surface area contributed by atoms with Crippen molar-refractivity contribution in [1.82, 2.24) is 0 Å². The van der Waals surface area contributed by atoms with Crippen LogP contribution in [0.1, 0.15) is 348 Å². The van der Waals surface area contributed by atoms with Gasteiger partial charge < -0.3 is 14.2 Å². The van der Waals surface area contributed by atoms with Gasteiger partial charge >= 0.3 is 17.9 Å². The van der Waals surface area contributed by atoms with E-state index >= 15 is 0 Å². The Hall–Kier alpha value is -3.15. The Labute approximate surface area is 484 Å². The molecule has 0 saturated heterocycles. The van der Waals surface area contributed by atoms with E-state index in [9.17, 15) is 14.4 Å². The molecule has 0 radical (unpaired) electrons. The zero-order chi connectivity index (χ0) is 56.4. The molecule has 78 heavy (non-hydrogen) atoms. The fourth-order valence-electron chi connectivity index (χ4n) is 9.92. The van der Waals surface area contributed by atoms with Crippen molar-refractivity contribution in [3.05, 3.63) is 72.9 Å². The lowest BCUT2D eigenvalue weighted by Crippen LogP contribution is -2.30. The Kier molecular flexibility index (Phi) is 63.7. The molecule has 6 nitrogen and oxygen atoms in total. The smallest absolute Gasteiger partial charge is 0.306 e. The van der Waals surface area contributed by atoms with Gasteiger partial charge in [-0.25, -0.2) is 0 Å². The van der Waals surface area contributed by atoms with Crippen molar-refractivity contribution >= 4 is 17.9 Å². The fraction of sp³-hybridized carbons (Fsp3) is 0.792. The molecule has 0 heterocycles. The Balaban J connectivity index is 3.95. The van der Waals surface area contributed by atoms with Gasteiger partial charge in [0.2, 0.25) is 0 Å². The number of allylic oxidation sites excluding steroid dienone is 12. The van der Waals surface area contributed by atoms with E-state index in [1.54, 1.807) is 0 Å². The third-order valence-corrected chi connectivity index (χ3v) is 15.0. The molecule has 1 unspecified atom stereocenters. The number of hydrogen-bond acceptors (Lipinski definition) is 6. The zero-order valence-electron chi connectivity index (χ0n) is 51.9. The largest absolute Gasteiger partial charge is 0.462 e. The van der Waals surface area contributed by atoms with E-state index in [2.05, 4.69) is 93.7 Å². The summed E-state index contributed by atoms with van der Waals surface area (Å²) in [5.74, 6) is -0.937. The van der Waals surface area contributed by atoms with Crippen LogP contribution in [0.25, 0.3) is 0 Å². The minimum atomic E-state index is -0.795. The molecule has 0 saturated carbocycles. The van der Waals surface area contributed by atoms with Crippen LogP contribution in [0.2, 0.25) is 0 Å². The van der Waals surface area contributed by atoms with E-state index in [-0.39, 0.29) is 37.5 Å². The summed E-state index contributed by atoms with van der Waals surface area (Å²) in [6.07, 6.45) is 87.2. The van der Waals surface area contributed by atoms with Crippen LogP contribution in [0.4, 0.5) is 0 Å². The third-order valence-electron chi connectivity index (χ3n) is 15.0. The molecule has 0 aromatic heterocycles. The SMILES string of the molecule is CC/C=C\C/C=C\C/C=C\C/C=C\C/C=C\C/C=C\CCCCC(=O)OC(COC(=O)CCCCCCC)COC(=O)CCCCCCCCCCCCCCCCCCCCCCCCCCCCCCCCCCCC. The van der Waals surface area contributed by atoms with Crippen molar-refractivity contribution in [3.8, 4) is 0 Å². The van der Waals surface area contributed by atoms with Crippen LogP contribution in [-0.2, 0) is 28.6 Å². The third kappa shape index (κ3) is 63.7. The first-order valence-electron chi connectivity index (χ1n) is 33.9. The van der Waals surface area contributed by atoms with Gasteiger partial charge in [0.15, 0.2) is 6.10 Å². The summed E-state index contributed by atoms with van der Waals surface area (Å²) in [6, 6.07) is 0. The van der Waals surface area contributed by atoms with Crippen LogP contribution in [0.5, 0.6) is 0 Å². The van der Waals surface area contributed by atoms with Crippen molar-refractivity contribution < 1.29 is 28.6 Å². The summed E-state index contributed by atoms with van der Waals surface area (Å²) in [6.45, 7) is 6.44. The molecule has 0 aliphatic heterocycles. The van der Waals surface area contributed by atoms with Gasteiger partial charge in [-0.2, -0.15) is 0 Å². The lowest BCUT2D eigenvalue weighted by molar-refractivity contribution is -0.167. The van der Waals surface area contributed by atoms with Gasteiger partial charge in [-0.05, 0) is 70.6 Å². The second-order valence-electron chi connectivity index (χ2n) is 22.7. The van der Waals surface area contributed by atoms with Gasteiger partial charge in [0, 0.05) is 19.3 Å². The highest BCUT2D eigenvalue weighted by Gasteiger charge is 2.19. The first-order valence-corrected chi connectivity index (χ1v) is 33.9. The van der Waals surface area contributed by atoms with Crippen molar-refractivity contribution in [1.29, 1.82) is 0 Å². The van der Waals surface area contributed by atoms with Crippen LogP contribution >= 0.6 is 0 Å². The van der Waals surface area contributed by atoms with E-state index in [4.69, 9.17) is 14.2 Å². The van der Waals surface area contributed by atoms with Crippen LogP contribution in [0.15, 0.2) is 72.9 Å². The summed E-state index contributed by atoms with van der Waals surface area (Å²) in [5.41, 5.74) is 0. The number of esters is 3. The number of carbonyl (C=O) groups excluding carboxylic acids is 3. The standard InChI is InChI=1S/C72H128O6/c1-4-7-10-13-15-17-19-21-23-25-27-29-30-31-32-33-34-35-36-37-38-39-40-41-43-44-46-48-50-52-54-56-59-62-65-71(74)77-68-69(67-76-70(73)64-61-58-12-9-6-3)78-72(75)66-63-60-57-55-53-51-49-47-45-42-28-26-24-22-20-18-16-14-11-8-5-2/h8,11,16,18,22,24,28,42,47,49,53,55,69H,4-7,9-10,12-15,17,19-21,23,25-27,29-41,43-46,48,50-52,54,56-68H2,1-3H3/b11-8-,18-16-,24-22-,42-28-,49-47-,55-53-. The quantitative estimate of drug-likeness (QED) is 0.0261. The molecule has 0 N–H and O–H groups in total. The van der Waals surface area contributed by atoms with Crippen molar-refractivity contribution in [2.45, 2.75) is 354 Å². The molecule has 0 spiro atoms. The zero-order valence-corrected chi connectivity index (χ0v) is 51.9. The van der Waals surface area contributed by atoms with Crippen molar-refractivity contribution in [2.24, 2.45) is 0 Å². The molecule has 0 fully saturated rings. The van der Waals surface area contributed by atoms with E-state index in [0.29, 0.717) is 19.3 Å². The highest BCUT2D eigenvalue weighted by molar-refractivity contribution is 5.71. The maximum absolute atomic E-state index is 12.8. The first kappa shape index (κ1) is 74.8. The average molecular weight is 1090 g/mol. The summed E-state index contributed by atoms with van der Waals surface area (Å²) in [7, 11) is 0. The number of rotatable bonds is 62. The number of hydrogen-bond donors (Lipinski definition) is 0. The summed E-state index contributed by atoms with van der Waals surface area (Å²) >= 11 is 0. The molecule has 0 aliphatic carbocycles. The topological polar surface area (TPSA) is 78.9 Å². The number of carbonyl (C=O) groups is 3. The average Bonchev–Trinajstić information content (AvgIpc) is 3.44. The molecule has 0 bridgehead atoms. The molecule has 1 atom stereocenters. The van der Waals surface area contributed by atoms with E-state index in [0.717, 1.165) is 96.3 Å². The van der Waals surface area contributed by atoms with Gasteiger partial charge in [-0.1, -0.05) is 331 Å². The Morgan fingerprint density at radius 2 is 0.500 bits per heavy atom. The fourth-order valence-corrected chi connectivity index (χ4v) is 9.92. The molecule has 0 amide bonds. The van der Waals surface area contributed by atoms with E-state index in [1.165, 1.54) is 205 Å². The summed E-state index contributed by atoms with van der Waals surface area (Å²) in [5, 5.41) is 0. The first-order chi connectivity index (χ1) is 38.5. The Morgan fingerprint density at radius 1 is 0.269 bits per heavy atom. The molecule has 0 aromatic rings. The summed E-state index contributed by atoms with van der Waals surface area (Å²) < 4.78 is 16.7. The lowest BCUT2D eigenvalue weighted by atomic mass is 10.0. The normalized spacial score (nSPS) is 12.5. The van der Waals surface area contributed by atoms with Gasteiger partial charge in [-0.3, -0.25) is 14.4 Å². The highest BCUT2D eigenvalue weighted by atomic mass is 16.6. The van der Waals surface area contributed by atoms with Gasteiger partial charge in [-0.15, -0.1) is 0 Å². The molecule has 452 valence electrons. The van der Waals surface area contributed by atoms with Crippen LogP contribution in [0.3, 0.4) is 0 Å². The number of unbranched alkanes of at least 4 members (excludes halogenated alkanes) is 39. The Morgan fingerprint density at radius 3 is 0.782 bits per heavy atom. The van der Waals surface area contributed by atoms with Crippen molar-refractivity contribution in [2.75, 3.05) is 13.2 Å². The second-order valence-corrected chi connectivity index (χ2v) is 22.7. The van der Waals surface area contributed by atoms with E-state index < -0.39 is 6.10 Å². The monoisotopic (exact) mass is 1090 g/mol. The molecule has 0 rings (SSSR count). The maximum Gasteiger partial charge on any atom is 0.306 e. The van der Waals surface area contributed by atoms with Gasteiger partial charge in [0.05, 0.1) is 0 Å². The van der Waals surface area contributed by atoms with Gasteiger partial charge in [0.1, 0.15) is 13.2 Å². The molecular formula is C72H128O6. The maximum atomic E-state index is 12.8. The molecule has 0 aliphatic rings. The lowest BCUT2D eigenvalue weighted by Gasteiger charge is -2.18. The molecular weight excluding hydrogens is 961 g/mol. The minimum absolute atomic E-state index is 0.0907. The molecule has 0 aromatic carbocycles. The molecule has 6 heteroatoms. The predicted molar refractivity (Wildman–Crippen MR) is 339 cm³/mol.